The lowest BCUT2D eigenvalue weighted by Crippen LogP contribution is -2.29. The van der Waals surface area contributed by atoms with Crippen molar-refractivity contribution in [3.05, 3.63) is 49.9 Å². The molecule has 198 valence electrons. The van der Waals surface area contributed by atoms with Crippen molar-refractivity contribution in [2.75, 3.05) is 19.5 Å². The summed E-state index contributed by atoms with van der Waals surface area (Å²) >= 11 is 0. The lowest BCUT2D eigenvalue weighted by atomic mass is 10.1. The number of alkyl halides is 3. The van der Waals surface area contributed by atoms with Crippen LogP contribution >= 0.6 is 0 Å². The summed E-state index contributed by atoms with van der Waals surface area (Å²) in [5.74, 6) is -3.30. The number of methoxy groups -OCH3 is 2. The highest BCUT2D eigenvalue weighted by Gasteiger charge is 2.43. The molecule has 0 spiro atoms. The van der Waals surface area contributed by atoms with E-state index < -0.39 is 39.5 Å². The molecule has 2 aromatic heterocycles. The van der Waals surface area contributed by atoms with Crippen LogP contribution in [0.25, 0.3) is 21.8 Å². The smallest absolute Gasteiger partial charge is 0.491 e. The fraction of sp³-hybridized carbons (Fsp3) is 0.227. The Labute approximate surface area is 209 Å². The van der Waals surface area contributed by atoms with E-state index in [9.17, 15) is 32.9 Å². The molecule has 0 unspecified atom stereocenters. The van der Waals surface area contributed by atoms with Crippen LogP contribution in [0, 0.1) is 24.0 Å². The van der Waals surface area contributed by atoms with Gasteiger partial charge in [0, 0.05) is 17.5 Å². The molecule has 0 bridgehead atoms. The maximum absolute atomic E-state index is 12.9. The van der Waals surface area contributed by atoms with Gasteiger partial charge in [0.1, 0.15) is 5.39 Å². The van der Waals surface area contributed by atoms with E-state index in [0.717, 1.165) is 6.07 Å². The van der Waals surface area contributed by atoms with Crippen LogP contribution in [0.4, 0.5) is 30.8 Å². The number of rotatable bonds is 6. The quantitative estimate of drug-likeness (QED) is 0.160. The molecule has 0 aliphatic carbocycles. The molecule has 38 heavy (non-hydrogen) atoms. The van der Waals surface area contributed by atoms with E-state index in [2.05, 4.69) is 30.0 Å². The van der Waals surface area contributed by atoms with Gasteiger partial charge in [-0.3, -0.25) is 25.2 Å². The van der Waals surface area contributed by atoms with E-state index in [-0.39, 0.29) is 23.0 Å². The third kappa shape index (κ3) is 4.70. The van der Waals surface area contributed by atoms with Crippen molar-refractivity contribution < 1.29 is 37.1 Å². The third-order valence-electron chi connectivity index (χ3n) is 5.35. The number of halogens is 3. The van der Waals surface area contributed by atoms with Gasteiger partial charge in [-0.05, 0) is 25.5 Å². The highest BCUT2D eigenvalue weighted by Crippen LogP contribution is 2.37. The van der Waals surface area contributed by atoms with Crippen molar-refractivity contribution in [2.24, 2.45) is 0 Å². The molecule has 16 heteroatoms. The Hall–Kier alpha value is -5.02. The molecule has 13 nitrogen and oxygen atoms in total. The van der Waals surface area contributed by atoms with Crippen LogP contribution in [-0.2, 0) is 4.79 Å². The number of nitrogens with zero attached hydrogens (tertiary/aromatic N) is 4. The number of anilines is 2. The molecule has 0 amide bonds. The molecule has 0 aliphatic heterocycles. The first kappa shape index (κ1) is 26.1. The van der Waals surface area contributed by atoms with Gasteiger partial charge in [0.05, 0.1) is 35.9 Å². The number of ether oxygens (including phenoxy) is 3. The van der Waals surface area contributed by atoms with Crippen molar-refractivity contribution in [1.82, 2.24) is 19.9 Å². The second-order valence-electron chi connectivity index (χ2n) is 7.81. The van der Waals surface area contributed by atoms with Gasteiger partial charge in [-0.15, -0.1) is 0 Å². The minimum atomic E-state index is -5.47. The number of hydrogen-bond acceptors (Lipinski definition) is 11. The molecule has 4 aromatic rings. The van der Waals surface area contributed by atoms with Crippen molar-refractivity contribution in [1.29, 1.82) is 0 Å². The predicted octanol–water partition coefficient (Wildman–Crippen LogP) is 3.62. The van der Waals surface area contributed by atoms with Gasteiger partial charge < -0.3 is 14.2 Å². The van der Waals surface area contributed by atoms with Gasteiger partial charge >= 0.3 is 17.8 Å². The zero-order chi connectivity index (χ0) is 27.9. The molecule has 0 saturated carbocycles. The Bertz CT molecular complexity index is 1690. The summed E-state index contributed by atoms with van der Waals surface area (Å²) in [6.07, 6.45) is -5.47. The third-order valence-corrected chi connectivity index (χ3v) is 5.35. The number of nitrogens with one attached hydrogen (secondary N) is 2. The number of fused-ring (bicyclic) bond motifs is 2. The zero-order valence-corrected chi connectivity index (χ0v) is 20.0. The summed E-state index contributed by atoms with van der Waals surface area (Å²) in [4.78, 5) is 49.8. The van der Waals surface area contributed by atoms with Crippen LogP contribution in [0.3, 0.4) is 0 Å². The summed E-state index contributed by atoms with van der Waals surface area (Å²) in [6.45, 7) is 3.04. The van der Waals surface area contributed by atoms with Crippen LogP contribution in [-0.4, -0.2) is 51.2 Å². The summed E-state index contributed by atoms with van der Waals surface area (Å²) in [5.41, 5.74) is -1.35. The van der Waals surface area contributed by atoms with Gasteiger partial charge in [0.2, 0.25) is 17.6 Å². The van der Waals surface area contributed by atoms with Gasteiger partial charge in [-0.2, -0.15) is 13.2 Å². The van der Waals surface area contributed by atoms with Crippen LogP contribution in [0.5, 0.6) is 17.2 Å². The molecule has 0 radical (unpaired) electrons. The Balaban J connectivity index is 1.84. The number of esters is 1. The number of carbonyl (C=O) groups excluding carboxylic acids is 1. The Morgan fingerprint density at radius 2 is 1.74 bits per heavy atom. The fourth-order valence-electron chi connectivity index (χ4n) is 3.66. The molecule has 2 heterocycles. The number of H-pyrrole nitrogens is 1. The predicted molar refractivity (Wildman–Crippen MR) is 126 cm³/mol. The summed E-state index contributed by atoms with van der Waals surface area (Å²) < 4.78 is 53.2. The normalized spacial score (nSPS) is 11.4. The SMILES string of the molecule is COc1cc2nc(Nc3nc4c(C)cc([N+](=O)[O-])c(OC(=O)C(F)(F)F)c4c(=O)[nH]3)nc(C)c2cc1OC. The number of aryl methyl sites for hydroxylation is 2. The molecule has 0 atom stereocenters. The first-order valence-corrected chi connectivity index (χ1v) is 10.5. The molecular formula is C22H17F3N6O7. The van der Waals surface area contributed by atoms with E-state index in [1.165, 1.54) is 21.1 Å². The molecule has 0 saturated heterocycles. The van der Waals surface area contributed by atoms with Gasteiger partial charge in [0.25, 0.3) is 5.56 Å². The second kappa shape index (κ2) is 9.45. The number of benzene rings is 2. The summed E-state index contributed by atoms with van der Waals surface area (Å²) in [5, 5.41) is 14.1. The number of nitro groups is 1. The minimum absolute atomic E-state index is 0.00647. The first-order valence-electron chi connectivity index (χ1n) is 10.5. The maximum Gasteiger partial charge on any atom is 0.491 e. The van der Waals surface area contributed by atoms with Crippen molar-refractivity contribution in [3.8, 4) is 17.2 Å². The molecule has 2 aromatic carbocycles. The van der Waals surface area contributed by atoms with E-state index in [0.29, 0.717) is 28.1 Å². The Kier molecular flexibility index (Phi) is 6.48. The van der Waals surface area contributed by atoms with Gasteiger partial charge in [0.15, 0.2) is 11.5 Å². The monoisotopic (exact) mass is 534 g/mol. The summed E-state index contributed by atoms with van der Waals surface area (Å²) in [6, 6.07) is 4.13. The molecule has 4 rings (SSSR count). The number of carbonyl (C=O) groups is 1. The van der Waals surface area contributed by atoms with Crippen molar-refractivity contribution >= 4 is 45.4 Å². The first-order chi connectivity index (χ1) is 17.8. The lowest BCUT2D eigenvalue weighted by Gasteiger charge is -2.13. The van der Waals surface area contributed by atoms with Crippen LogP contribution in [0.1, 0.15) is 11.3 Å². The van der Waals surface area contributed by atoms with Crippen molar-refractivity contribution in [2.45, 2.75) is 20.0 Å². The maximum atomic E-state index is 12.9. The average Bonchev–Trinajstić information content (AvgIpc) is 2.84. The number of aromatic nitrogens is 4. The van der Waals surface area contributed by atoms with Crippen LogP contribution in [0.15, 0.2) is 23.0 Å². The fourth-order valence-corrected chi connectivity index (χ4v) is 3.66. The zero-order valence-electron chi connectivity index (χ0n) is 20.0. The highest BCUT2D eigenvalue weighted by molar-refractivity contribution is 5.94. The largest absolute Gasteiger partial charge is 0.493 e. The van der Waals surface area contributed by atoms with Gasteiger partial charge in [-0.25, -0.2) is 19.7 Å². The van der Waals surface area contributed by atoms with E-state index in [1.807, 2.05) is 0 Å². The lowest BCUT2D eigenvalue weighted by molar-refractivity contribution is -0.385. The Morgan fingerprint density at radius 1 is 1.08 bits per heavy atom. The molecule has 2 N–H and O–H groups in total. The van der Waals surface area contributed by atoms with Gasteiger partial charge in [-0.1, -0.05) is 0 Å². The molecular weight excluding hydrogens is 517 g/mol. The number of nitro benzene ring substituents is 1. The topological polar surface area (TPSA) is 171 Å². The van der Waals surface area contributed by atoms with E-state index in [1.54, 1.807) is 19.1 Å². The Morgan fingerprint density at radius 3 is 2.34 bits per heavy atom. The number of hydrogen-bond donors (Lipinski definition) is 2. The van der Waals surface area contributed by atoms with Crippen molar-refractivity contribution in [3.63, 3.8) is 0 Å². The van der Waals surface area contributed by atoms with E-state index in [4.69, 9.17) is 9.47 Å². The standard InChI is InChI=1S/C22H17F3N6O7/c1-8-5-12(31(34)35)17(38-19(33)22(23,24)25)15-16(8)28-21(29-18(15)32)30-20-26-9(2)10-6-13(36-3)14(37-4)7-11(10)27-20/h5-7H,1-4H3,(H2,26,27,28,29,30,32). The molecule has 0 aliphatic rings. The highest BCUT2D eigenvalue weighted by atomic mass is 19.4. The average molecular weight is 534 g/mol. The van der Waals surface area contributed by atoms with E-state index >= 15 is 0 Å². The summed E-state index contributed by atoms with van der Waals surface area (Å²) in [7, 11) is 2.93. The molecule has 0 fully saturated rings. The van der Waals surface area contributed by atoms with Crippen LogP contribution in [0.2, 0.25) is 0 Å². The number of aromatic amines is 1. The van der Waals surface area contributed by atoms with Crippen LogP contribution < -0.4 is 25.1 Å². The minimum Gasteiger partial charge on any atom is -0.493 e. The second-order valence-corrected chi connectivity index (χ2v) is 7.81.